The van der Waals surface area contributed by atoms with Gasteiger partial charge in [0.05, 0.1) is 5.69 Å². The lowest BCUT2D eigenvalue weighted by Gasteiger charge is -2.08. The van der Waals surface area contributed by atoms with Gasteiger partial charge in [-0.3, -0.25) is 0 Å². The van der Waals surface area contributed by atoms with Crippen LogP contribution in [0.5, 0.6) is 0 Å². The van der Waals surface area contributed by atoms with Crippen molar-refractivity contribution < 1.29 is 4.52 Å². The Balaban J connectivity index is 1.99. The van der Waals surface area contributed by atoms with Crippen LogP contribution in [0.1, 0.15) is 30.4 Å². The van der Waals surface area contributed by atoms with Crippen LogP contribution >= 0.6 is 0 Å². The zero-order valence-electron chi connectivity index (χ0n) is 11.7. The summed E-state index contributed by atoms with van der Waals surface area (Å²) >= 11 is 0. The molecular formula is C14H20N4O. The standard InChI is InChI=1S/C14H20N4O/c1-4-6-15-14-8-12(5-7-16-14)17-9-13-10(2)18-19-11(13)3/h5,7-8H,4,6,9H2,1-3H3,(H2,15,16,17). The molecule has 2 N–H and O–H groups in total. The van der Waals surface area contributed by atoms with Gasteiger partial charge >= 0.3 is 0 Å². The van der Waals surface area contributed by atoms with E-state index in [1.807, 2.05) is 26.0 Å². The average Bonchev–Trinajstić information content (AvgIpc) is 2.74. The molecule has 0 unspecified atom stereocenters. The van der Waals surface area contributed by atoms with E-state index in [4.69, 9.17) is 4.52 Å². The van der Waals surface area contributed by atoms with Crippen LogP contribution in [0.15, 0.2) is 22.9 Å². The quantitative estimate of drug-likeness (QED) is 0.835. The van der Waals surface area contributed by atoms with Crippen LogP contribution in [0.3, 0.4) is 0 Å². The van der Waals surface area contributed by atoms with E-state index in [1.165, 1.54) is 0 Å². The SMILES string of the molecule is CCCNc1cc(NCc2c(C)noc2C)ccn1. The fraction of sp³-hybridized carbons (Fsp3) is 0.429. The Kier molecular flexibility index (Phi) is 4.39. The average molecular weight is 260 g/mol. The molecule has 0 radical (unpaired) electrons. The summed E-state index contributed by atoms with van der Waals surface area (Å²) in [5, 5.41) is 10.6. The number of pyridine rings is 1. The highest BCUT2D eigenvalue weighted by atomic mass is 16.5. The fourth-order valence-electron chi connectivity index (χ4n) is 1.83. The van der Waals surface area contributed by atoms with E-state index in [1.54, 1.807) is 6.20 Å². The van der Waals surface area contributed by atoms with Gasteiger partial charge in [-0.2, -0.15) is 0 Å². The monoisotopic (exact) mass is 260 g/mol. The number of aryl methyl sites for hydroxylation is 2. The second-order valence-corrected chi connectivity index (χ2v) is 4.51. The van der Waals surface area contributed by atoms with Crippen molar-refractivity contribution in [3.63, 3.8) is 0 Å². The highest BCUT2D eigenvalue weighted by Gasteiger charge is 2.08. The van der Waals surface area contributed by atoms with Gasteiger partial charge in [-0.05, 0) is 26.3 Å². The molecule has 0 aromatic carbocycles. The third kappa shape index (κ3) is 3.47. The van der Waals surface area contributed by atoms with E-state index in [0.29, 0.717) is 6.54 Å². The number of nitrogens with zero attached hydrogens (tertiary/aromatic N) is 2. The van der Waals surface area contributed by atoms with Crippen molar-refractivity contribution in [1.29, 1.82) is 0 Å². The lowest BCUT2D eigenvalue weighted by atomic mass is 10.2. The van der Waals surface area contributed by atoms with Gasteiger partial charge in [0, 0.05) is 36.6 Å². The lowest BCUT2D eigenvalue weighted by molar-refractivity contribution is 0.392. The van der Waals surface area contributed by atoms with Gasteiger partial charge in [0.15, 0.2) is 0 Å². The van der Waals surface area contributed by atoms with E-state index >= 15 is 0 Å². The Morgan fingerprint density at radius 3 is 2.79 bits per heavy atom. The molecule has 2 aromatic rings. The van der Waals surface area contributed by atoms with Crippen molar-refractivity contribution >= 4 is 11.5 Å². The van der Waals surface area contributed by atoms with Crippen molar-refractivity contribution in [3.05, 3.63) is 35.3 Å². The van der Waals surface area contributed by atoms with Crippen molar-refractivity contribution in [2.75, 3.05) is 17.2 Å². The van der Waals surface area contributed by atoms with Gasteiger partial charge in [0.25, 0.3) is 0 Å². The van der Waals surface area contributed by atoms with Gasteiger partial charge in [-0.1, -0.05) is 12.1 Å². The van der Waals surface area contributed by atoms with Crippen LogP contribution in [0, 0.1) is 13.8 Å². The van der Waals surface area contributed by atoms with Gasteiger partial charge < -0.3 is 15.2 Å². The lowest BCUT2D eigenvalue weighted by Crippen LogP contribution is -2.04. The minimum atomic E-state index is 0.707. The molecule has 0 atom stereocenters. The zero-order chi connectivity index (χ0) is 13.7. The number of hydrogen-bond donors (Lipinski definition) is 2. The van der Waals surface area contributed by atoms with E-state index in [0.717, 1.165) is 41.5 Å². The second-order valence-electron chi connectivity index (χ2n) is 4.51. The zero-order valence-corrected chi connectivity index (χ0v) is 11.7. The molecule has 0 aliphatic carbocycles. The molecule has 0 fully saturated rings. The molecule has 0 saturated heterocycles. The Bertz CT molecular complexity index is 516. The van der Waals surface area contributed by atoms with Crippen LogP contribution in [-0.2, 0) is 6.54 Å². The molecular weight excluding hydrogens is 240 g/mol. The molecule has 5 nitrogen and oxygen atoms in total. The smallest absolute Gasteiger partial charge is 0.138 e. The van der Waals surface area contributed by atoms with E-state index in [2.05, 4.69) is 27.7 Å². The van der Waals surface area contributed by atoms with Gasteiger partial charge in [-0.25, -0.2) is 4.98 Å². The van der Waals surface area contributed by atoms with Crippen LogP contribution in [0.4, 0.5) is 11.5 Å². The number of nitrogens with one attached hydrogen (secondary N) is 2. The molecule has 0 bridgehead atoms. The normalized spacial score (nSPS) is 10.5. The number of aromatic nitrogens is 2. The molecule has 2 heterocycles. The molecule has 0 aliphatic rings. The third-order valence-electron chi connectivity index (χ3n) is 2.97. The highest BCUT2D eigenvalue weighted by molar-refractivity contribution is 5.52. The number of hydrogen-bond acceptors (Lipinski definition) is 5. The number of rotatable bonds is 6. The Hall–Kier alpha value is -2.04. The minimum absolute atomic E-state index is 0.707. The largest absolute Gasteiger partial charge is 0.381 e. The topological polar surface area (TPSA) is 63.0 Å². The van der Waals surface area contributed by atoms with E-state index in [9.17, 15) is 0 Å². The Labute approximate surface area is 113 Å². The van der Waals surface area contributed by atoms with Crippen molar-refractivity contribution in [2.45, 2.75) is 33.7 Å². The predicted molar refractivity (Wildman–Crippen MR) is 76.3 cm³/mol. The summed E-state index contributed by atoms with van der Waals surface area (Å²) in [5.74, 6) is 1.76. The Morgan fingerprint density at radius 1 is 1.26 bits per heavy atom. The first-order chi connectivity index (χ1) is 9.20. The molecule has 0 amide bonds. The van der Waals surface area contributed by atoms with Gasteiger partial charge in [0.1, 0.15) is 11.6 Å². The second kappa shape index (κ2) is 6.22. The molecule has 2 rings (SSSR count). The molecule has 5 heteroatoms. The predicted octanol–water partition coefficient (Wildman–Crippen LogP) is 3.12. The van der Waals surface area contributed by atoms with Crippen molar-refractivity contribution in [2.24, 2.45) is 0 Å². The maximum Gasteiger partial charge on any atom is 0.138 e. The maximum atomic E-state index is 5.15. The van der Waals surface area contributed by atoms with E-state index < -0.39 is 0 Å². The summed E-state index contributed by atoms with van der Waals surface area (Å²) in [4.78, 5) is 4.28. The number of anilines is 2. The highest BCUT2D eigenvalue weighted by Crippen LogP contribution is 2.16. The summed E-state index contributed by atoms with van der Waals surface area (Å²) in [6.45, 7) is 7.65. The van der Waals surface area contributed by atoms with Crippen LogP contribution in [-0.4, -0.2) is 16.7 Å². The first kappa shape index (κ1) is 13.4. The summed E-state index contributed by atoms with van der Waals surface area (Å²) in [6, 6.07) is 3.96. The van der Waals surface area contributed by atoms with Gasteiger partial charge in [0.2, 0.25) is 0 Å². The summed E-state index contributed by atoms with van der Waals surface area (Å²) in [5.41, 5.74) is 3.08. The van der Waals surface area contributed by atoms with Gasteiger partial charge in [-0.15, -0.1) is 0 Å². The van der Waals surface area contributed by atoms with Crippen LogP contribution in [0.2, 0.25) is 0 Å². The van der Waals surface area contributed by atoms with Crippen LogP contribution in [0.25, 0.3) is 0 Å². The summed E-state index contributed by atoms with van der Waals surface area (Å²) < 4.78 is 5.15. The van der Waals surface area contributed by atoms with E-state index in [-0.39, 0.29) is 0 Å². The summed E-state index contributed by atoms with van der Waals surface area (Å²) in [6.07, 6.45) is 2.88. The first-order valence-electron chi connectivity index (χ1n) is 6.56. The molecule has 0 spiro atoms. The molecule has 0 aliphatic heterocycles. The molecule has 102 valence electrons. The minimum Gasteiger partial charge on any atom is -0.381 e. The maximum absolute atomic E-state index is 5.15. The third-order valence-corrected chi connectivity index (χ3v) is 2.97. The Morgan fingerprint density at radius 2 is 2.11 bits per heavy atom. The first-order valence-corrected chi connectivity index (χ1v) is 6.56. The van der Waals surface area contributed by atoms with Crippen LogP contribution < -0.4 is 10.6 Å². The van der Waals surface area contributed by atoms with Crippen molar-refractivity contribution in [1.82, 2.24) is 10.1 Å². The molecule has 0 saturated carbocycles. The molecule has 2 aromatic heterocycles. The summed E-state index contributed by atoms with van der Waals surface area (Å²) in [7, 11) is 0. The fourth-order valence-corrected chi connectivity index (χ4v) is 1.83. The van der Waals surface area contributed by atoms with Crippen molar-refractivity contribution in [3.8, 4) is 0 Å². The molecule has 19 heavy (non-hydrogen) atoms.